The van der Waals surface area contributed by atoms with Crippen LogP contribution in [0.3, 0.4) is 0 Å². The summed E-state index contributed by atoms with van der Waals surface area (Å²) in [7, 11) is 1.68. The fraction of sp³-hybridized carbons (Fsp3) is 0.692. The van der Waals surface area contributed by atoms with Crippen molar-refractivity contribution in [3.8, 4) is 0 Å². The van der Waals surface area contributed by atoms with E-state index in [9.17, 15) is 4.79 Å². The number of H-pyrrole nitrogens is 1. The van der Waals surface area contributed by atoms with Gasteiger partial charge in [0.1, 0.15) is 11.6 Å². The first-order valence-corrected chi connectivity index (χ1v) is 6.43. The number of hydrogen-bond acceptors (Lipinski definition) is 4. The molecule has 1 atom stereocenters. The van der Waals surface area contributed by atoms with E-state index in [-0.39, 0.29) is 17.5 Å². The van der Waals surface area contributed by atoms with Crippen molar-refractivity contribution in [2.24, 2.45) is 0 Å². The predicted octanol–water partition coefficient (Wildman–Crippen LogP) is 2.12. The van der Waals surface area contributed by atoms with E-state index in [1.165, 1.54) is 6.07 Å². The van der Waals surface area contributed by atoms with Gasteiger partial charge in [0.15, 0.2) is 0 Å². The molecule has 0 saturated heterocycles. The lowest BCUT2D eigenvalue weighted by molar-refractivity contribution is 0.182. The Balaban J connectivity index is 2.84. The number of anilines is 1. The maximum absolute atomic E-state index is 11.5. The van der Waals surface area contributed by atoms with Gasteiger partial charge < -0.3 is 15.0 Å². The highest BCUT2D eigenvalue weighted by molar-refractivity contribution is 5.34. The van der Waals surface area contributed by atoms with Crippen molar-refractivity contribution in [2.75, 3.05) is 19.0 Å². The molecule has 0 spiro atoms. The van der Waals surface area contributed by atoms with Crippen molar-refractivity contribution >= 4 is 5.82 Å². The summed E-state index contributed by atoms with van der Waals surface area (Å²) in [6.07, 6.45) is 2.04. The first-order chi connectivity index (χ1) is 8.56. The average molecular weight is 253 g/mol. The van der Waals surface area contributed by atoms with Crippen LogP contribution in [0, 0.1) is 0 Å². The topological polar surface area (TPSA) is 67.0 Å². The van der Waals surface area contributed by atoms with Crippen molar-refractivity contribution in [1.29, 1.82) is 0 Å². The zero-order valence-corrected chi connectivity index (χ0v) is 11.6. The van der Waals surface area contributed by atoms with Crippen LogP contribution in [-0.4, -0.2) is 29.7 Å². The Bertz CT molecular complexity index is 409. The predicted molar refractivity (Wildman–Crippen MR) is 73.1 cm³/mol. The molecule has 1 aromatic heterocycles. The van der Waals surface area contributed by atoms with Crippen molar-refractivity contribution < 1.29 is 4.74 Å². The highest BCUT2D eigenvalue weighted by Gasteiger charge is 2.10. The lowest BCUT2D eigenvalue weighted by Crippen LogP contribution is -2.26. The molecule has 0 saturated carbocycles. The normalized spacial score (nSPS) is 12.7. The molecule has 0 radical (unpaired) electrons. The minimum Gasteiger partial charge on any atom is -0.383 e. The molecule has 0 aliphatic heterocycles. The van der Waals surface area contributed by atoms with Gasteiger partial charge in [0.2, 0.25) is 0 Å². The molecule has 18 heavy (non-hydrogen) atoms. The van der Waals surface area contributed by atoms with Crippen LogP contribution in [0.2, 0.25) is 0 Å². The molecule has 1 rings (SSSR count). The number of aromatic amines is 1. The van der Waals surface area contributed by atoms with E-state index in [0.29, 0.717) is 18.2 Å². The minimum absolute atomic E-state index is 0.121. The zero-order valence-electron chi connectivity index (χ0n) is 11.6. The molecule has 2 N–H and O–H groups in total. The van der Waals surface area contributed by atoms with Crippen molar-refractivity contribution in [2.45, 2.75) is 45.6 Å². The standard InChI is InChI=1S/C13H23N3O2/c1-5-6-10(8-18-4)14-11-7-12(17)16-13(15-11)9(2)3/h7,9-10H,5-6,8H2,1-4H3,(H2,14,15,16,17). The van der Waals surface area contributed by atoms with Crippen molar-refractivity contribution in [1.82, 2.24) is 9.97 Å². The largest absolute Gasteiger partial charge is 0.383 e. The van der Waals surface area contributed by atoms with Gasteiger partial charge in [-0.25, -0.2) is 4.98 Å². The third kappa shape index (κ3) is 4.49. The van der Waals surface area contributed by atoms with Crippen LogP contribution in [0.1, 0.15) is 45.4 Å². The van der Waals surface area contributed by atoms with Gasteiger partial charge in [-0.3, -0.25) is 4.79 Å². The Kier molecular flexibility index (Phi) is 5.85. The van der Waals surface area contributed by atoms with E-state index in [1.54, 1.807) is 7.11 Å². The third-order valence-electron chi connectivity index (χ3n) is 2.66. The van der Waals surface area contributed by atoms with Gasteiger partial charge in [-0.05, 0) is 6.42 Å². The Hall–Kier alpha value is -1.36. The maximum atomic E-state index is 11.5. The summed E-state index contributed by atoms with van der Waals surface area (Å²) in [5.41, 5.74) is -0.121. The highest BCUT2D eigenvalue weighted by atomic mass is 16.5. The van der Waals surface area contributed by atoms with E-state index >= 15 is 0 Å². The van der Waals surface area contributed by atoms with Crippen LogP contribution < -0.4 is 10.9 Å². The maximum Gasteiger partial charge on any atom is 0.252 e. The molecular formula is C13H23N3O2. The Labute approximate surface area is 108 Å². The number of aromatic nitrogens is 2. The molecule has 0 aliphatic carbocycles. The quantitative estimate of drug-likeness (QED) is 0.781. The smallest absolute Gasteiger partial charge is 0.252 e. The highest BCUT2D eigenvalue weighted by Crippen LogP contribution is 2.11. The van der Waals surface area contributed by atoms with Crippen LogP contribution in [-0.2, 0) is 4.74 Å². The second-order valence-corrected chi connectivity index (χ2v) is 4.76. The fourth-order valence-corrected chi connectivity index (χ4v) is 1.78. The summed E-state index contributed by atoms with van der Waals surface area (Å²) in [6.45, 7) is 6.73. The molecule has 102 valence electrons. The van der Waals surface area contributed by atoms with Gasteiger partial charge in [-0.2, -0.15) is 0 Å². The summed E-state index contributed by atoms with van der Waals surface area (Å²) in [6, 6.07) is 1.68. The molecular weight excluding hydrogens is 230 g/mol. The average Bonchev–Trinajstić information content (AvgIpc) is 2.28. The number of hydrogen-bond donors (Lipinski definition) is 2. The lowest BCUT2D eigenvalue weighted by Gasteiger charge is -2.18. The summed E-state index contributed by atoms with van der Waals surface area (Å²) < 4.78 is 5.16. The SMILES string of the molecule is CCCC(COC)Nc1cc(=O)[nH]c(C(C)C)n1. The van der Waals surface area contributed by atoms with Gasteiger partial charge in [-0.15, -0.1) is 0 Å². The number of ether oxygens (including phenoxy) is 1. The molecule has 5 heteroatoms. The summed E-state index contributed by atoms with van der Waals surface area (Å²) in [4.78, 5) is 18.7. The van der Waals surface area contributed by atoms with Crippen LogP contribution in [0.5, 0.6) is 0 Å². The number of rotatable bonds is 7. The van der Waals surface area contributed by atoms with Gasteiger partial charge in [-0.1, -0.05) is 27.2 Å². The van der Waals surface area contributed by atoms with E-state index in [4.69, 9.17) is 4.74 Å². The van der Waals surface area contributed by atoms with Gasteiger partial charge >= 0.3 is 0 Å². The van der Waals surface area contributed by atoms with E-state index in [2.05, 4.69) is 22.2 Å². The van der Waals surface area contributed by atoms with E-state index < -0.39 is 0 Å². The second-order valence-electron chi connectivity index (χ2n) is 4.76. The summed E-state index contributed by atoms with van der Waals surface area (Å²) >= 11 is 0. The summed E-state index contributed by atoms with van der Waals surface area (Å²) in [5, 5.41) is 3.26. The van der Waals surface area contributed by atoms with E-state index in [0.717, 1.165) is 12.8 Å². The molecule has 5 nitrogen and oxygen atoms in total. The molecule has 0 aromatic carbocycles. The van der Waals surface area contributed by atoms with Crippen LogP contribution in [0.4, 0.5) is 5.82 Å². The van der Waals surface area contributed by atoms with Crippen molar-refractivity contribution in [3.05, 3.63) is 22.2 Å². The zero-order chi connectivity index (χ0) is 13.5. The molecule has 0 bridgehead atoms. The van der Waals surface area contributed by atoms with Crippen LogP contribution >= 0.6 is 0 Å². The third-order valence-corrected chi connectivity index (χ3v) is 2.66. The molecule has 1 unspecified atom stereocenters. The van der Waals surface area contributed by atoms with Crippen molar-refractivity contribution in [3.63, 3.8) is 0 Å². The second kappa shape index (κ2) is 7.16. The van der Waals surface area contributed by atoms with E-state index in [1.807, 2.05) is 13.8 Å². The molecule has 0 fully saturated rings. The molecule has 0 aliphatic rings. The lowest BCUT2D eigenvalue weighted by atomic mass is 10.2. The summed E-state index contributed by atoms with van der Waals surface area (Å²) in [5.74, 6) is 1.53. The van der Waals surface area contributed by atoms with Crippen LogP contribution in [0.25, 0.3) is 0 Å². The molecule has 1 aromatic rings. The number of methoxy groups -OCH3 is 1. The monoisotopic (exact) mass is 253 g/mol. The number of nitrogens with zero attached hydrogens (tertiary/aromatic N) is 1. The molecule has 0 amide bonds. The Morgan fingerprint density at radius 2 is 2.22 bits per heavy atom. The number of nitrogens with one attached hydrogen (secondary N) is 2. The fourth-order valence-electron chi connectivity index (χ4n) is 1.78. The van der Waals surface area contributed by atoms with Gasteiger partial charge in [0.05, 0.1) is 12.6 Å². The molecule has 1 heterocycles. The minimum atomic E-state index is -0.121. The Morgan fingerprint density at radius 1 is 1.50 bits per heavy atom. The Morgan fingerprint density at radius 3 is 2.78 bits per heavy atom. The van der Waals surface area contributed by atoms with Crippen LogP contribution in [0.15, 0.2) is 10.9 Å². The first-order valence-electron chi connectivity index (χ1n) is 6.43. The van der Waals surface area contributed by atoms with Gasteiger partial charge in [0, 0.05) is 19.1 Å². The van der Waals surface area contributed by atoms with Gasteiger partial charge in [0.25, 0.3) is 5.56 Å². The first kappa shape index (κ1) is 14.7.